The summed E-state index contributed by atoms with van der Waals surface area (Å²) in [4.78, 5) is 0. The standard InChI is InChI=1S/C15H23NO3/c1-10(2)4-11(3)18-8-13-6-14(16)5-12-7-17-9-19-15(12)13/h5-6,10-11H,4,7-9,16H2,1-3H3. The highest BCUT2D eigenvalue weighted by atomic mass is 16.7. The minimum absolute atomic E-state index is 0.233. The van der Waals surface area contributed by atoms with Gasteiger partial charge in [0.15, 0.2) is 6.79 Å². The van der Waals surface area contributed by atoms with Gasteiger partial charge in [0, 0.05) is 16.8 Å². The van der Waals surface area contributed by atoms with Crippen LogP contribution >= 0.6 is 0 Å². The van der Waals surface area contributed by atoms with Gasteiger partial charge < -0.3 is 19.9 Å². The molecule has 4 heteroatoms. The van der Waals surface area contributed by atoms with Gasteiger partial charge in [-0.05, 0) is 31.4 Å². The van der Waals surface area contributed by atoms with Crippen LogP contribution in [0.1, 0.15) is 38.3 Å². The summed E-state index contributed by atoms with van der Waals surface area (Å²) in [7, 11) is 0. The molecule has 1 atom stereocenters. The Hall–Kier alpha value is -1.26. The van der Waals surface area contributed by atoms with Crippen molar-refractivity contribution >= 4 is 5.69 Å². The van der Waals surface area contributed by atoms with Crippen molar-refractivity contribution in [3.05, 3.63) is 23.3 Å². The van der Waals surface area contributed by atoms with Gasteiger partial charge in [-0.15, -0.1) is 0 Å². The molecule has 0 aromatic heterocycles. The molecule has 19 heavy (non-hydrogen) atoms. The second-order valence-corrected chi connectivity index (χ2v) is 5.53. The van der Waals surface area contributed by atoms with Gasteiger partial charge in [0.2, 0.25) is 0 Å². The van der Waals surface area contributed by atoms with Crippen LogP contribution < -0.4 is 10.5 Å². The van der Waals surface area contributed by atoms with E-state index in [4.69, 9.17) is 19.9 Å². The monoisotopic (exact) mass is 265 g/mol. The van der Waals surface area contributed by atoms with Crippen molar-refractivity contribution in [3.63, 3.8) is 0 Å². The van der Waals surface area contributed by atoms with E-state index in [0.717, 1.165) is 29.0 Å². The van der Waals surface area contributed by atoms with E-state index < -0.39 is 0 Å². The molecule has 1 aliphatic rings. The Labute approximate surface area is 114 Å². The summed E-state index contributed by atoms with van der Waals surface area (Å²) < 4.78 is 16.7. The first-order valence-corrected chi connectivity index (χ1v) is 6.79. The molecule has 1 heterocycles. The lowest BCUT2D eigenvalue weighted by Crippen LogP contribution is -2.16. The second kappa shape index (κ2) is 6.26. The zero-order valence-electron chi connectivity index (χ0n) is 11.9. The Balaban J connectivity index is 2.05. The molecular weight excluding hydrogens is 242 g/mol. The van der Waals surface area contributed by atoms with Gasteiger partial charge in [0.25, 0.3) is 0 Å². The van der Waals surface area contributed by atoms with Crippen molar-refractivity contribution in [1.82, 2.24) is 0 Å². The molecule has 4 nitrogen and oxygen atoms in total. The summed E-state index contributed by atoms with van der Waals surface area (Å²) in [5.41, 5.74) is 8.64. The summed E-state index contributed by atoms with van der Waals surface area (Å²) in [5.74, 6) is 1.51. The molecule has 0 spiro atoms. The van der Waals surface area contributed by atoms with E-state index in [9.17, 15) is 0 Å². The van der Waals surface area contributed by atoms with Crippen LogP contribution in [0, 0.1) is 5.92 Å². The fourth-order valence-corrected chi connectivity index (χ4v) is 2.40. The molecule has 0 bridgehead atoms. The molecule has 2 N–H and O–H groups in total. The van der Waals surface area contributed by atoms with Crippen molar-refractivity contribution < 1.29 is 14.2 Å². The van der Waals surface area contributed by atoms with E-state index in [1.165, 1.54) is 0 Å². The number of rotatable bonds is 5. The molecule has 1 aliphatic heterocycles. The lowest BCUT2D eigenvalue weighted by Gasteiger charge is -2.22. The minimum Gasteiger partial charge on any atom is -0.467 e. The number of ether oxygens (including phenoxy) is 3. The first kappa shape index (κ1) is 14.2. The zero-order chi connectivity index (χ0) is 13.8. The Kier molecular flexibility index (Phi) is 4.66. The third-order valence-electron chi connectivity index (χ3n) is 3.14. The number of hydrogen-bond donors (Lipinski definition) is 1. The first-order chi connectivity index (χ1) is 9.06. The van der Waals surface area contributed by atoms with Crippen molar-refractivity contribution in [3.8, 4) is 5.75 Å². The fourth-order valence-electron chi connectivity index (χ4n) is 2.40. The Morgan fingerprint density at radius 2 is 2.11 bits per heavy atom. The predicted molar refractivity (Wildman–Crippen MR) is 74.8 cm³/mol. The molecule has 0 aliphatic carbocycles. The molecule has 106 valence electrons. The second-order valence-electron chi connectivity index (χ2n) is 5.53. The van der Waals surface area contributed by atoms with Crippen LogP contribution in [-0.2, 0) is 22.7 Å². The van der Waals surface area contributed by atoms with Crippen LogP contribution in [-0.4, -0.2) is 12.9 Å². The predicted octanol–water partition coefficient (Wildman–Crippen LogP) is 3.09. The molecule has 0 saturated heterocycles. The quantitative estimate of drug-likeness (QED) is 0.831. The molecule has 0 fully saturated rings. The number of nitrogens with two attached hydrogens (primary N) is 1. The number of fused-ring (bicyclic) bond motifs is 1. The molecule has 1 aromatic rings. The first-order valence-electron chi connectivity index (χ1n) is 6.79. The van der Waals surface area contributed by atoms with Crippen molar-refractivity contribution in [2.24, 2.45) is 5.92 Å². The average Bonchev–Trinajstić information content (AvgIpc) is 2.35. The summed E-state index contributed by atoms with van der Waals surface area (Å²) in [6.45, 7) is 7.87. The Morgan fingerprint density at radius 3 is 2.84 bits per heavy atom. The van der Waals surface area contributed by atoms with Gasteiger partial charge in [-0.1, -0.05) is 13.8 Å². The molecule has 1 unspecified atom stereocenters. The topological polar surface area (TPSA) is 53.7 Å². The highest BCUT2D eigenvalue weighted by Gasteiger charge is 2.17. The maximum atomic E-state index is 5.90. The molecule has 0 radical (unpaired) electrons. The van der Waals surface area contributed by atoms with Crippen molar-refractivity contribution in [2.75, 3.05) is 12.5 Å². The highest BCUT2D eigenvalue weighted by molar-refractivity contribution is 5.53. The molecule has 0 saturated carbocycles. The van der Waals surface area contributed by atoms with Gasteiger partial charge in [-0.2, -0.15) is 0 Å². The van der Waals surface area contributed by atoms with Crippen LogP contribution in [0.15, 0.2) is 12.1 Å². The summed E-state index contributed by atoms with van der Waals surface area (Å²) in [5, 5.41) is 0. The van der Waals surface area contributed by atoms with Crippen LogP contribution in [0.3, 0.4) is 0 Å². The van der Waals surface area contributed by atoms with Crippen molar-refractivity contribution in [2.45, 2.75) is 46.5 Å². The van der Waals surface area contributed by atoms with E-state index in [1.54, 1.807) is 0 Å². The Bertz CT molecular complexity index is 432. The summed E-state index contributed by atoms with van der Waals surface area (Å²) in [6.07, 6.45) is 1.28. The van der Waals surface area contributed by atoms with Gasteiger partial charge in [0.05, 0.1) is 19.3 Å². The molecule has 0 amide bonds. The van der Waals surface area contributed by atoms with E-state index >= 15 is 0 Å². The minimum atomic E-state index is 0.233. The van der Waals surface area contributed by atoms with Gasteiger partial charge in [-0.25, -0.2) is 0 Å². The maximum absolute atomic E-state index is 5.90. The number of anilines is 1. The van der Waals surface area contributed by atoms with Gasteiger partial charge in [-0.3, -0.25) is 0 Å². The summed E-state index contributed by atoms with van der Waals surface area (Å²) in [6, 6.07) is 3.82. The van der Waals surface area contributed by atoms with Gasteiger partial charge in [0.1, 0.15) is 5.75 Å². The Morgan fingerprint density at radius 1 is 1.32 bits per heavy atom. The van der Waals surface area contributed by atoms with E-state index in [0.29, 0.717) is 25.9 Å². The highest BCUT2D eigenvalue weighted by Crippen LogP contribution is 2.31. The van der Waals surface area contributed by atoms with Crippen molar-refractivity contribution in [1.29, 1.82) is 0 Å². The maximum Gasteiger partial charge on any atom is 0.189 e. The SMILES string of the molecule is CC(C)CC(C)OCc1cc(N)cc2c1OCOC2. The molecule has 2 rings (SSSR count). The number of benzene rings is 1. The van der Waals surface area contributed by atoms with E-state index in [2.05, 4.69) is 20.8 Å². The van der Waals surface area contributed by atoms with Crippen LogP contribution in [0.25, 0.3) is 0 Å². The lowest BCUT2D eigenvalue weighted by molar-refractivity contribution is -0.0199. The molecule has 1 aromatic carbocycles. The largest absolute Gasteiger partial charge is 0.467 e. The zero-order valence-corrected chi connectivity index (χ0v) is 11.9. The van der Waals surface area contributed by atoms with E-state index in [-0.39, 0.29) is 6.10 Å². The number of hydrogen-bond acceptors (Lipinski definition) is 4. The third kappa shape index (κ3) is 3.85. The molecular formula is C15H23NO3. The smallest absolute Gasteiger partial charge is 0.189 e. The fraction of sp³-hybridized carbons (Fsp3) is 0.600. The van der Waals surface area contributed by atoms with Crippen LogP contribution in [0.5, 0.6) is 5.75 Å². The van der Waals surface area contributed by atoms with Crippen LogP contribution in [0.2, 0.25) is 0 Å². The average molecular weight is 265 g/mol. The summed E-state index contributed by atoms with van der Waals surface area (Å²) >= 11 is 0. The van der Waals surface area contributed by atoms with Crippen LogP contribution in [0.4, 0.5) is 5.69 Å². The van der Waals surface area contributed by atoms with Gasteiger partial charge >= 0.3 is 0 Å². The normalized spacial score (nSPS) is 16.0. The lowest BCUT2D eigenvalue weighted by atomic mass is 10.1. The third-order valence-corrected chi connectivity index (χ3v) is 3.14. The van der Waals surface area contributed by atoms with E-state index in [1.807, 2.05) is 12.1 Å². The number of nitrogen functional groups attached to an aromatic ring is 1.